The fraction of sp³-hybridized carbons (Fsp3) is 0.909. The first-order valence-corrected chi connectivity index (χ1v) is 5.57. The van der Waals surface area contributed by atoms with Crippen molar-refractivity contribution < 1.29 is 13.6 Å². The number of hydrogen-bond donors (Lipinski definition) is 0. The highest BCUT2D eigenvalue weighted by molar-refractivity contribution is 5.78. The molecule has 1 aliphatic rings. The van der Waals surface area contributed by atoms with Gasteiger partial charge in [-0.25, -0.2) is 8.78 Å². The van der Waals surface area contributed by atoms with Crippen LogP contribution in [0.15, 0.2) is 0 Å². The second kappa shape index (κ2) is 5.42. The molecule has 0 bridgehead atoms. The highest BCUT2D eigenvalue weighted by Crippen LogP contribution is 2.20. The van der Waals surface area contributed by atoms with Crippen molar-refractivity contribution in [2.75, 3.05) is 13.1 Å². The molecule has 4 heteroatoms. The van der Waals surface area contributed by atoms with E-state index in [4.69, 9.17) is 0 Å². The van der Waals surface area contributed by atoms with Gasteiger partial charge in [0.05, 0.1) is 0 Å². The van der Waals surface area contributed by atoms with Gasteiger partial charge in [0.15, 0.2) is 0 Å². The van der Waals surface area contributed by atoms with Crippen molar-refractivity contribution in [1.29, 1.82) is 0 Å². The average Bonchev–Trinajstić information content (AvgIpc) is 2.17. The topological polar surface area (TPSA) is 20.3 Å². The summed E-state index contributed by atoms with van der Waals surface area (Å²) in [6.45, 7) is 5.21. The largest absolute Gasteiger partial charge is 0.342 e. The van der Waals surface area contributed by atoms with Crippen molar-refractivity contribution in [3.8, 4) is 0 Å². The zero-order valence-electron chi connectivity index (χ0n) is 9.38. The highest BCUT2D eigenvalue weighted by atomic mass is 19.3. The van der Waals surface area contributed by atoms with E-state index in [1.165, 1.54) is 0 Å². The van der Waals surface area contributed by atoms with Crippen molar-refractivity contribution in [2.24, 2.45) is 11.8 Å². The number of halogens is 2. The SMILES string of the molecule is CC1CCN(C(=O)C(C)CC(F)F)CC1. The van der Waals surface area contributed by atoms with Crippen molar-refractivity contribution in [1.82, 2.24) is 4.90 Å². The number of likely N-dealkylation sites (tertiary alicyclic amines) is 1. The molecule has 0 saturated carbocycles. The average molecular weight is 219 g/mol. The van der Waals surface area contributed by atoms with E-state index >= 15 is 0 Å². The van der Waals surface area contributed by atoms with Crippen LogP contribution < -0.4 is 0 Å². The van der Waals surface area contributed by atoms with Crippen molar-refractivity contribution in [3.63, 3.8) is 0 Å². The van der Waals surface area contributed by atoms with Crippen LogP contribution in [-0.4, -0.2) is 30.3 Å². The summed E-state index contributed by atoms with van der Waals surface area (Å²) in [6, 6.07) is 0. The Morgan fingerprint density at radius 2 is 1.93 bits per heavy atom. The van der Waals surface area contributed by atoms with Gasteiger partial charge in [0.25, 0.3) is 0 Å². The van der Waals surface area contributed by atoms with Crippen molar-refractivity contribution >= 4 is 5.91 Å². The molecule has 1 amide bonds. The molecule has 1 rings (SSSR count). The van der Waals surface area contributed by atoms with Crippen LogP contribution in [0.4, 0.5) is 8.78 Å². The van der Waals surface area contributed by atoms with Crippen LogP contribution in [0.25, 0.3) is 0 Å². The van der Waals surface area contributed by atoms with E-state index in [0.717, 1.165) is 25.9 Å². The number of hydrogen-bond acceptors (Lipinski definition) is 1. The Morgan fingerprint density at radius 3 is 2.40 bits per heavy atom. The van der Waals surface area contributed by atoms with E-state index < -0.39 is 12.3 Å². The first-order valence-electron chi connectivity index (χ1n) is 5.57. The van der Waals surface area contributed by atoms with Crippen LogP contribution in [0.5, 0.6) is 0 Å². The minimum Gasteiger partial charge on any atom is -0.342 e. The molecule has 1 heterocycles. The summed E-state index contributed by atoms with van der Waals surface area (Å²) in [5.74, 6) is 0.0000565. The van der Waals surface area contributed by atoms with Gasteiger partial charge in [-0.1, -0.05) is 13.8 Å². The highest BCUT2D eigenvalue weighted by Gasteiger charge is 2.26. The van der Waals surface area contributed by atoms with Gasteiger partial charge in [0, 0.05) is 25.4 Å². The molecule has 1 atom stereocenters. The van der Waals surface area contributed by atoms with E-state index in [1.807, 2.05) is 0 Å². The second-order valence-corrected chi connectivity index (χ2v) is 4.54. The molecule has 88 valence electrons. The number of amides is 1. The molecule has 15 heavy (non-hydrogen) atoms. The van der Waals surface area contributed by atoms with Crippen LogP contribution in [-0.2, 0) is 4.79 Å². The third-order valence-corrected chi connectivity index (χ3v) is 3.05. The van der Waals surface area contributed by atoms with Crippen LogP contribution in [0, 0.1) is 11.8 Å². The van der Waals surface area contributed by atoms with Crippen LogP contribution in [0.3, 0.4) is 0 Å². The summed E-state index contributed by atoms with van der Waals surface area (Å²) in [5, 5.41) is 0. The van der Waals surface area contributed by atoms with Gasteiger partial charge in [-0.2, -0.15) is 0 Å². The number of nitrogens with zero attached hydrogens (tertiary/aromatic N) is 1. The van der Waals surface area contributed by atoms with Gasteiger partial charge in [0.2, 0.25) is 12.3 Å². The Kier molecular flexibility index (Phi) is 4.48. The molecule has 0 aromatic heterocycles. The van der Waals surface area contributed by atoms with E-state index in [1.54, 1.807) is 11.8 Å². The minimum atomic E-state index is -2.38. The predicted octanol–water partition coefficient (Wildman–Crippen LogP) is 2.54. The molecule has 2 nitrogen and oxygen atoms in total. The molecule has 0 spiro atoms. The fourth-order valence-electron chi connectivity index (χ4n) is 1.91. The number of carbonyl (C=O) groups excluding carboxylic acids is 1. The molecular formula is C11H19F2NO. The van der Waals surface area contributed by atoms with Gasteiger partial charge in [0.1, 0.15) is 0 Å². The lowest BCUT2D eigenvalue weighted by molar-refractivity contribution is -0.137. The van der Waals surface area contributed by atoms with Gasteiger partial charge in [-0.3, -0.25) is 4.79 Å². The van der Waals surface area contributed by atoms with Gasteiger partial charge >= 0.3 is 0 Å². The first-order chi connectivity index (χ1) is 7.00. The molecule has 1 unspecified atom stereocenters. The normalized spacial score (nSPS) is 20.7. The summed E-state index contributed by atoms with van der Waals surface area (Å²) in [6.07, 6.45) is -0.710. The van der Waals surface area contributed by atoms with Crippen LogP contribution >= 0.6 is 0 Å². The smallest absolute Gasteiger partial charge is 0.239 e. The Morgan fingerprint density at radius 1 is 1.40 bits per heavy atom. The quantitative estimate of drug-likeness (QED) is 0.714. The van der Waals surface area contributed by atoms with Crippen LogP contribution in [0.2, 0.25) is 0 Å². The summed E-state index contributed by atoms with van der Waals surface area (Å²) < 4.78 is 24.2. The lowest BCUT2D eigenvalue weighted by Gasteiger charge is -2.32. The van der Waals surface area contributed by atoms with E-state index in [0.29, 0.717) is 5.92 Å². The molecule has 0 N–H and O–H groups in total. The fourth-order valence-corrected chi connectivity index (χ4v) is 1.91. The van der Waals surface area contributed by atoms with E-state index in [2.05, 4.69) is 6.92 Å². The summed E-state index contributed by atoms with van der Waals surface area (Å²) in [7, 11) is 0. The van der Waals surface area contributed by atoms with E-state index in [-0.39, 0.29) is 12.3 Å². The molecule has 1 fully saturated rings. The lowest BCUT2D eigenvalue weighted by atomic mass is 9.97. The van der Waals surface area contributed by atoms with Crippen LogP contribution in [0.1, 0.15) is 33.1 Å². The molecule has 0 radical (unpaired) electrons. The molecule has 1 aliphatic heterocycles. The van der Waals surface area contributed by atoms with Gasteiger partial charge < -0.3 is 4.90 Å². The number of carbonyl (C=O) groups is 1. The Hall–Kier alpha value is -0.670. The molecule has 0 aromatic carbocycles. The maximum absolute atomic E-state index is 12.1. The standard InChI is InChI=1S/C11H19F2NO/c1-8-3-5-14(6-4-8)11(15)9(2)7-10(12)13/h8-10H,3-7H2,1-2H3. The summed E-state index contributed by atoms with van der Waals surface area (Å²) in [5.41, 5.74) is 0. The number of piperidine rings is 1. The monoisotopic (exact) mass is 219 g/mol. The molecule has 0 aromatic rings. The summed E-state index contributed by atoms with van der Waals surface area (Å²) >= 11 is 0. The Balaban J connectivity index is 2.39. The first kappa shape index (κ1) is 12.4. The van der Waals surface area contributed by atoms with E-state index in [9.17, 15) is 13.6 Å². The van der Waals surface area contributed by atoms with Gasteiger partial charge in [-0.15, -0.1) is 0 Å². The summed E-state index contributed by atoms with van der Waals surface area (Å²) in [4.78, 5) is 13.5. The third-order valence-electron chi connectivity index (χ3n) is 3.05. The Bertz CT molecular complexity index is 213. The number of rotatable bonds is 3. The third kappa shape index (κ3) is 3.76. The van der Waals surface area contributed by atoms with Crippen molar-refractivity contribution in [3.05, 3.63) is 0 Å². The lowest BCUT2D eigenvalue weighted by Crippen LogP contribution is -2.41. The van der Waals surface area contributed by atoms with Crippen molar-refractivity contribution in [2.45, 2.75) is 39.5 Å². The zero-order chi connectivity index (χ0) is 11.4. The zero-order valence-corrected chi connectivity index (χ0v) is 9.38. The Labute approximate surface area is 89.6 Å². The molecular weight excluding hydrogens is 200 g/mol. The molecule has 0 aliphatic carbocycles. The predicted molar refractivity (Wildman–Crippen MR) is 54.8 cm³/mol. The minimum absolute atomic E-state index is 0.109. The number of alkyl halides is 2. The second-order valence-electron chi connectivity index (χ2n) is 4.54. The maximum atomic E-state index is 12.1. The van der Waals surface area contributed by atoms with Gasteiger partial charge in [-0.05, 0) is 18.8 Å². The maximum Gasteiger partial charge on any atom is 0.239 e. The molecule has 1 saturated heterocycles.